The molecule has 0 saturated carbocycles. The molecule has 7 heteroatoms. The van der Waals surface area contributed by atoms with Crippen LogP contribution in [0, 0.1) is 11.6 Å². The maximum Gasteiger partial charge on any atom is 0.224 e. The third kappa shape index (κ3) is 4.60. The highest BCUT2D eigenvalue weighted by Gasteiger charge is 2.21. The van der Waals surface area contributed by atoms with Gasteiger partial charge in [0.25, 0.3) is 0 Å². The van der Waals surface area contributed by atoms with Gasteiger partial charge in [-0.1, -0.05) is 6.07 Å². The van der Waals surface area contributed by atoms with Gasteiger partial charge >= 0.3 is 0 Å². The van der Waals surface area contributed by atoms with Crippen molar-refractivity contribution in [3.8, 4) is 11.5 Å². The van der Waals surface area contributed by atoms with Crippen molar-refractivity contribution in [2.45, 2.75) is 32.1 Å². The molecule has 1 fully saturated rings. The van der Waals surface area contributed by atoms with Crippen LogP contribution in [0.2, 0.25) is 0 Å². The first-order valence-electron chi connectivity index (χ1n) is 10.0. The first-order valence-corrected chi connectivity index (χ1v) is 10.0. The first kappa shape index (κ1) is 19.5. The number of carbonyl (C=O) groups excluding carboxylic acids is 1. The van der Waals surface area contributed by atoms with E-state index in [1.165, 1.54) is 12.1 Å². The monoisotopic (exact) mass is 402 g/mol. The Hall–Kier alpha value is -2.83. The summed E-state index contributed by atoms with van der Waals surface area (Å²) in [5.74, 6) is -0.207. The number of benzene rings is 2. The van der Waals surface area contributed by atoms with Gasteiger partial charge in [0.1, 0.15) is 5.69 Å². The van der Waals surface area contributed by atoms with Crippen molar-refractivity contribution in [2.24, 2.45) is 0 Å². The SMILES string of the molecule is O=C(CCc1ccc2c(c1)OCCCO2)Nc1cc(F)c(N2CCCC2)c(F)c1. The first-order chi connectivity index (χ1) is 14.1. The van der Waals surface area contributed by atoms with Crippen molar-refractivity contribution >= 4 is 17.3 Å². The predicted octanol–water partition coefficient (Wildman–Crippen LogP) is 4.30. The van der Waals surface area contributed by atoms with Crippen LogP contribution < -0.4 is 19.7 Å². The summed E-state index contributed by atoms with van der Waals surface area (Å²) < 4.78 is 40.1. The number of anilines is 2. The van der Waals surface area contributed by atoms with Crippen LogP contribution in [0.15, 0.2) is 30.3 Å². The Balaban J connectivity index is 1.37. The lowest BCUT2D eigenvalue weighted by Gasteiger charge is -2.19. The van der Waals surface area contributed by atoms with E-state index in [1.807, 2.05) is 18.2 Å². The fourth-order valence-corrected chi connectivity index (χ4v) is 3.73. The fourth-order valence-electron chi connectivity index (χ4n) is 3.73. The van der Waals surface area contributed by atoms with E-state index >= 15 is 0 Å². The normalized spacial score (nSPS) is 15.9. The molecule has 29 heavy (non-hydrogen) atoms. The topological polar surface area (TPSA) is 50.8 Å². The number of hydrogen-bond acceptors (Lipinski definition) is 4. The number of ether oxygens (including phenoxy) is 2. The molecule has 1 amide bonds. The van der Waals surface area contributed by atoms with E-state index in [1.54, 1.807) is 4.90 Å². The second-order valence-electron chi connectivity index (χ2n) is 7.36. The van der Waals surface area contributed by atoms with E-state index in [0.717, 1.165) is 24.8 Å². The lowest BCUT2D eigenvalue weighted by molar-refractivity contribution is -0.116. The largest absolute Gasteiger partial charge is 0.490 e. The van der Waals surface area contributed by atoms with E-state index in [0.29, 0.717) is 44.2 Å². The summed E-state index contributed by atoms with van der Waals surface area (Å²) in [4.78, 5) is 14.0. The molecule has 1 saturated heterocycles. The van der Waals surface area contributed by atoms with Gasteiger partial charge in [0.2, 0.25) is 5.91 Å². The third-order valence-electron chi connectivity index (χ3n) is 5.18. The van der Waals surface area contributed by atoms with E-state index in [9.17, 15) is 13.6 Å². The number of rotatable bonds is 5. The molecule has 154 valence electrons. The number of nitrogens with zero attached hydrogens (tertiary/aromatic N) is 1. The van der Waals surface area contributed by atoms with Gasteiger partial charge in [0.15, 0.2) is 23.1 Å². The number of carbonyl (C=O) groups is 1. The molecule has 4 rings (SSSR count). The van der Waals surface area contributed by atoms with Gasteiger partial charge in [0, 0.05) is 31.6 Å². The number of hydrogen-bond donors (Lipinski definition) is 1. The van der Waals surface area contributed by atoms with Crippen LogP contribution in [0.4, 0.5) is 20.2 Å². The average Bonchev–Trinajstić information content (AvgIpc) is 3.10. The third-order valence-corrected chi connectivity index (χ3v) is 5.18. The molecule has 1 N–H and O–H groups in total. The van der Waals surface area contributed by atoms with Gasteiger partial charge in [-0.15, -0.1) is 0 Å². The van der Waals surface area contributed by atoms with Crippen molar-refractivity contribution in [3.05, 3.63) is 47.5 Å². The summed E-state index contributed by atoms with van der Waals surface area (Å²) in [6.07, 6.45) is 3.36. The summed E-state index contributed by atoms with van der Waals surface area (Å²) in [6.45, 7) is 2.52. The summed E-state index contributed by atoms with van der Waals surface area (Å²) in [7, 11) is 0. The lowest BCUT2D eigenvalue weighted by atomic mass is 10.1. The molecule has 2 aromatic carbocycles. The van der Waals surface area contributed by atoms with E-state index < -0.39 is 11.6 Å². The van der Waals surface area contributed by atoms with E-state index in [2.05, 4.69) is 5.32 Å². The van der Waals surface area contributed by atoms with Crippen LogP contribution in [0.5, 0.6) is 11.5 Å². The molecule has 2 aromatic rings. The zero-order valence-corrected chi connectivity index (χ0v) is 16.2. The van der Waals surface area contributed by atoms with Crippen molar-refractivity contribution in [3.63, 3.8) is 0 Å². The maximum absolute atomic E-state index is 14.4. The number of amides is 1. The standard InChI is InChI=1S/C22H24F2N2O3/c23-17-13-16(14-18(24)22(17)26-8-1-2-9-26)25-21(27)7-5-15-4-6-19-20(12-15)29-11-3-10-28-19/h4,6,12-14H,1-3,5,7-11H2,(H,25,27). The molecule has 0 bridgehead atoms. The van der Waals surface area contributed by atoms with Gasteiger partial charge < -0.3 is 19.7 Å². The molecule has 0 unspecified atom stereocenters. The molecule has 0 aliphatic carbocycles. The van der Waals surface area contributed by atoms with Crippen LogP contribution in [0.1, 0.15) is 31.2 Å². The average molecular weight is 402 g/mol. The minimum atomic E-state index is -0.648. The van der Waals surface area contributed by atoms with Gasteiger partial charge in [0.05, 0.1) is 13.2 Å². The molecule has 5 nitrogen and oxygen atoms in total. The highest BCUT2D eigenvalue weighted by molar-refractivity contribution is 5.91. The van der Waals surface area contributed by atoms with Crippen LogP contribution in [0.3, 0.4) is 0 Å². The minimum Gasteiger partial charge on any atom is -0.490 e. The van der Waals surface area contributed by atoms with Crippen LogP contribution in [-0.2, 0) is 11.2 Å². The lowest BCUT2D eigenvalue weighted by Crippen LogP contribution is -2.21. The van der Waals surface area contributed by atoms with E-state index in [4.69, 9.17) is 9.47 Å². The zero-order valence-electron chi connectivity index (χ0n) is 16.2. The smallest absolute Gasteiger partial charge is 0.224 e. The summed E-state index contributed by atoms with van der Waals surface area (Å²) in [5.41, 5.74) is 1.06. The Morgan fingerprint density at radius 3 is 2.38 bits per heavy atom. The predicted molar refractivity (Wildman–Crippen MR) is 107 cm³/mol. The second-order valence-corrected chi connectivity index (χ2v) is 7.36. The highest BCUT2D eigenvalue weighted by atomic mass is 19.1. The molecule has 0 radical (unpaired) electrons. The van der Waals surface area contributed by atoms with Gasteiger partial charge in [-0.05, 0) is 49.1 Å². The molecule has 0 atom stereocenters. The van der Waals surface area contributed by atoms with Gasteiger partial charge in [-0.2, -0.15) is 0 Å². The molecule has 2 aliphatic heterocycles. The maximum atomic E-state index is 14.4. The number of halogens is 2. The Morgan fingerprint density at radius 1 is 0.966 bits per heavy atom. The van der Waals surface area contributed by atoms with Crippen LogP contribution in [-0.4, -0.2) is 32.2 Å². The Labute approximate surface area is 168 Å². The second kappa shape index (κ2) is 8.68. The summed E-state index contributed by atoms with van der Waals surface area (Å²) in [5, 5.41) is 2.59. The number of fused-ring (bicyclic) bond motifs is 1. The van der Waals surface area contributed by atoms with Crippen molar-refractivity contribution in [2.75, 3.05) is 36.5 Å². The van der Waals surface area contributed by atoms with Crippen LogP contribution >= 0.6 is 0 Å². The molecular weight excluding hydrogens is 378 g/mol. The molecular formula is C22H24F2N2O3. The molecule has 0 aromatic heterocycles. The van der Waals surface area contributed by atoms with Gasteiger partial charge in [-0.25, -0.2) is 8.78 Å². The fraction of sp³-hybridized carbons (Fsp3) is 0.409. The van der Waals surface area contributed by atoms with Crippen molar-refractivity contribution in [1.29, 1.82) is 0 Å². The highest BCUT2D eigenvalue weighted by Crippen LogP contribution is 2.31. The molecule has 2 aliphatic rings. The summed E-state index contributed by atoms with van der Waals surface area (Å²) >= 11 is 0. The Bertz CT molecular complexity index is 875. The van der Waals surface area contributed by atoms with Crippen LogP contribution in [0.25, 0.3) is 0 Å². The number of nitrogens with one attached hydrogen (secondary N) is 1. The zero-order chi connectivity index (χ0) is 20.2. The summed E-state index contributed by atoms with van der Waals surface area (Å²) in [6, 6.07) is 7.98. The minimum absolute atomic E-state index is 0.00676. The molecule has 2 heterocycles. The Kier molecular flexibility index (Phi) is 5.83. The number of aryl methyl sites for hydroxylation is 1. The molecule has 0 spiro atoms. The Morgan fingerprint density at radius 2 is 1.66 bits per heavy atom. The van der Waals surface area contributed by atoms with E-state index in [-0.39, 0.29) is 23.7 Å². The van der Waals surface area contributed by atoms with Crippen molar-refractivity contribution in [1.82, 2.24) is 0 Å². The van der Waals surface area contributed by atoms with Crippen molar-refractivity contribution < 1.29 is 23.0 Å². The quantitative estimate of drug-likeness (QED) is 0.810. The van der Waals surface area contributed by atoms with Gasteiger partial charge in [-0.3, -0.25) is 4.79 Å².